The minimum Gasteiger partial charge on any atom is -0.312 e. The zero-order valence-electron chi connectivity index (χ0n) is 10.0. The van der Waals surface area contributed by atoms with Crippen molar-refractivity contribution in [2.75, 3.05) is 18.1 Å². The summed E-state index contributed by atoms with van der Waals surface area (Å²) in [5.41, 5.74) is 2.74. The number of nitrogens with one attached hydrogen (secondary N) is 1. The fourth-order valence-corrected chi connectivity index (χ4v) is 3.28. The molecule has 0 aromatic heterocycles. The van der Waals surface area contributed by atoms with Gasteiger partial charge >= 0.3 is 0 Å². The zero-order valence-corrected chi connectivity index (χ0v) is 10.9. The van der Waals surface area contributed by atoms with Gasteiger partial charge in [-0.15, -0.1) is 0 Å². The highest BCUT2D eigenvalue weighted by atomic mass is 32.2. The molecule has 1 aromatic rings. The highest BCUT2D eigenvalue weighted by Crippen LogP contribution is 2.21. The molecule has 1 aromatic carbocycles. The first kappa shape index (κ1) is 12.0. The Morgan fingerprint density at radius 2 is 1.88 bits per heavy atom. The third kappa shape index (κ3) is 3.84. The summed E-state index contributed by atoms with van der Waals surface area (Å²) in [4.78, 5) is 0. The van der Waals surface area contributed by atoms with Crippen LogP contribution in [-0.4, -0.2) is 18.1 Å². The van der Waals surface area contributed by atoms with Crippen molar-refractivity contribution >= 4 is 11.8 Å². The highest BCUT2D eigenvalue weighted by Gasteiger charge is 2.12. The fourth-order valence-electron chi connectivity index (χ4n) is 2.08. The van der Waals surface area contributed by atoms with Gasteiger partial charge in [0.1, 0.15) is 0 Å². The van der Waals surface area contributed by atoms with Crippen LogP contribution in [0, 0.1) is 12.8 Å². The van der Waals surface area contributed by atoms with Crippen LogP contribution in [0.1, 0.15) is 24.0 Å². The lowest BCUT2D eigenvalue weighted by atomic mass is 10.0. The summed E-state index contributed by atoms with van der Waals surface area (Å²) in [6.07, 6.45) is 2.79. The summed E-state index contributed by atoms with van der Waals surface area (Å²) in [7, 11) is 0. The zero-order chi connectivity index (χ0) is 11.2. The van der Waals surface area contributed by atoms with E-state index >= 15 is 0 Å². The van der Waals surface area contributed by atoms with Crippen molar-refractivity contribution in [1.29, 1.82) is 0 Å². The second-order valence-electron chi connectivity index (χ2n) is 4.67. The standard InChI is InChI=1S/C14H21NS/c1-12-2-4-13(5-3-12)10-15-11-14-6-8-16-9-7-14/h2-5,14-15H,6-11H2,1H3. The second-order valence-corrected chi connectivity index (χ2v) is 5.90. The van der Waals surface area contributed by atoms with Gasteiger partial charge in [-0.1, -0.05) is 29.8 Å². The van der Waals surface area contributed by atoms with E-state index in [1.807, 2.05) is 0 Å². The molecule has 0 radical (unpaired) electrons. The van der Waals surface area contributed by atoms with Crippen molar-refractivity contribution in [3.63, 3.8) is 0 Å². The quantitative estimate of drug-likeness (QED) is 0.860. The molecule has 1 heterocycles. The van der Waals surface area contributed by atoms with Crippen molar-refractivity contribution < 1.29 is 0 Å². The van der Waals surface area contributed by atoms with Gasteiger partial charge in [-0.3, -0.25) is 0 Å². The molecule has 1 N–H and O–H groups in total. The number of hydrogen-bond donors (Lipinski definition) is 1. The van der Waals surface area contributed by atoms with E-state index in [9.17, 15) is 0 Å². The minimum atomic E-state index is 0.909. The van der Waals surface area contributed by atoms with Gasteiger partial charge < -0.3 is 5.32 Å². The largest absolute Gasteiger partial charge is 0.312 e. The van der Waals surface area contributed by atoms with E-state index < -0.39 is 0 Å². The SMILES string of the molecule is Cc1ccc(CNCC2CCSCC2)cc1. The molecule has 0 saturated carbocycles. The Hall–Kier alpha value is -0.470. The summed E-state index contributed by atoms with van der Waals surface area (Å²) in [5.74, 6) is 3.63. The maximum absolute atomic E-state index is 3.58. The van der Waals surface area contributed by atoms with Gasteiger partial charge in [0.05, 0.1) is 0 Å². The molecule has 0 atom stereocenters. The molecular formula is C14H21NS. The predicted octanol–water partition coefficient (Wildman–Crippen LogP) is 3.23. The van der Waals surface area contributed by atoms with Crippen LogP contribution in [0.15, 0.2) is 24.3 Å². The van der Waals surface area contributed by atoms with Crippen LogP contribution < -0.4 is 5.32 Å². The Kier molecular flexibility index (Phi) is 4.73. The Balaban J connectivity index is 1.69. The molecule has 16 heavy (non-hydrogen) atoms. The van der Waals surface area contributed by atoms with Crippen molar-refractivity contribution in [1.82, 2.24) is 5.32 Å². The molecule has 0 bridgehead atoms. The van der Waals surface area contributed by atoms with Crippen LogP contribution >= 0.6 is 11.8 Å². The summed E-state index contributed by atoms with van der Waals surface area (Å²) >= 11 is 2.10. The molecule has 1 aliphatic rings. The molecule has 2 rings (SSSR count). The van der Waals surface area contributed by atoms with Gasteiger partial charge in [0.15, 0.2) is 0 Å². The normalized spacial score (nSPS) is 17.6. The van der Waals surface area contributed by atoms with Gasteiger partial charge in [0.2, 0.25) is 0 Å². The molecule has 0 spiro atoms. The Bertz CT molecular complexity index is 301. The van der Waals surface area contributed by atoms with Gasteiger partial charge in [0, 0.05) is 6.54 Å². The number of benzene rings is 1. The average molecular weight is 235 g/mol. The van der Waals surface area contributed by atoms with Crippen LogP contribution in [-0.2, 0) is 6.54 Å². The summed E-state index contributed by atoms with van der Waals surface area (Å²) in [6, 6.07) is 8.82. The van der Waals surface area contributed by atoms with Gasteiger partial charge in [-0.25, -0.2) is 0 Å². The lowest BCUT2D eigenvalue weighted by molar-refractivity contribution is 0.447. The van der Waals surface area contributed by atoms with E-state index in [0.29, 0.717) is 0 Å². The Morgan fingerprint density at radius 1 is 1.19 bits per heavy atom. The monoisotopic (exact) mass is 235 g/mol. The van der Waals surface area contributed by atoms with Crippen LogP contribution in [0.5, 0.6) is 0 Å². The Morgan fingerprint density at radius 3 is 2.56 bits per heavy atom. The molecule has 1 aliphatic heterocycles. The second kappa shape index (κ2) is 6.31. The maximum Gasteiger partial charge on any atom is 0.0205 e. The van der Waals surface area contributed by atoms with Crippen LogP contribution in [0.4, 0.5) is 0 Å². The van der Waals surface area contributed by atoms with E-state index in [1.165, 1.54) is 42.0 Å². The van der Waals surface area contributed by atoms with Gasteiger partial charge in [-0.2, -0.15) is 11.8 Å². The molecule has 88 valence electrons. The summed E-state index contributed by atoms with van der Waals surface area (Å²) in [6.45, 7) is 4.34. The van der Waals surface area contributed by atoms with E-state index in [4.69, 9.17) is 0 Å². The van der Waals surface area contributed by atoms with E-state index in [0.717, 1.165) is 12.5 Å². The molecule has 0 unspecified atom stereocenters. The van der Waals surface area contributed by atoms with Crippen molar-refractivity contribution in [3.8, 4) is 0 Å². The van der Waals surface area contributed by atoms with Crippen LogP contribution in [0.2, 0.25) is 0 Å². The minimum absolute atomic E-state index is 0.909. The van der Waals surface area contributed by atoms with Gasteiger partial charge in [0.25, 0.3) is 0 Å². The molecule has 0 amide bonds. The maximum atomic E-state index is 3.58. The van der Waals surface area contributed by atoms with Crippen LogP contribution in [0.3, 0.4) is 0 Å². The third-order valence-electron chi connectivity index (χ3n) is 3.22. The van der Waals surface area contributed by atoms with Crippen LogP contribution in [0.25, 0.3) is 0 Å². The molecule has 2 heteroatoms. The number of rotatable bonds is 4. The predicted molar refractivity (Wildman–Crippen MR) is 72.9 cm³/mol. The smallest absolute Gasteiger partial charge is 0.0205 e. The topological polar surface area (TPSA) is 12.0 Å². The highest BCUT2D eigenvalue weighted by molar-refractivity contribution is 7.99. The van der Waals surface area contributed by atoms with Crippen molar-refractivity contribution in [2.24, 2.45) is 5.92 Å². The molecule has 1 saturated heterocycles. The van der Waals surface area contributed by atoms with Gasteiger partial charge in [-0.05, 0) is 49.3 Å². The first-order valence-electron chi connectivity index (χ1n) is 6.18. The van der Waals surface area contributed by atoms with Crippen molar-refractivity contribution in [3.05, 3.63) is 35.4 Å². The average Bonchev–Trinajstić information content (AvgIpc) is 2.33. The lowest BCUT2D eigenvalue weighted by Crippen LogP contribution is -2.25. The molecule has 1 fully saturated rings. The third-order valence-corrected chi connectivity index (χ3v) is 4.27. The van der Waals surface area contributed by atoms with Crippen molar-refractivity contribution in [2.45, 2.75) is 26.3 Å². The molecular weight excluding hydrogens is 214 g/mol. The summed E-state index contributed by atoms with van der Waals surface area (Å²) in [5, 5.41) is 3.58. The number of hydrogen-bond acceptors (Lipinski definition) is 2. The lowest BCUT2D eigenvalue weighted by Gasteiger charge is -2.21. The Labute approximate surface area is 103 Å². The molecule has 0 aliphatic carbocycles. The fraction of sp³-hybridized carbons (Fsp3) is 0.571. The van der Waals surface area contributed by atoms with E-state index in [1.54, 1.807) is 0 Å². The number of aryl methyl sites for hydroxylation is 1. The molecule has 1 nitrogen and oxygen atoms in total. The van der Waals surface area contributed by atoms with E-state index in [2.05, 4.69) is 48.3 Å². The van der Waals surface area contributed by atoms with E-state index in [-0.39, 0.29) is 0 Å². The first-order chi connectivity index (χ1) is 7.84. The first-order valence-corrected chi connectivity index (χ1v) is 7.34. The summed E-state index contributed by atoms with van der Waals surface area (Å²) < 4.78 is 0. The number of thioether (sulfide) groups is 1.